The number of para-hydroxylation sites is 3. The summed E-state index contributed by atoms with van der Waals surface area (Å²) in [4.78, 5) is 0. The molecule has 2 spiro atoms. The summed E-state index contributed by atoms with van der Waals surface area (Å²) in [6.07, 6.45) is 14.2. The molecule has 0 unspecified atom stereocenters. The Hall–Kier alpha value is -12.3. The summed E-state index contributed by atoms with van der Waals surface area (Å²) in [7, 11) is 0. The summed E-state index contributed by atoms with van der Waals surface area (Å²) in [5, 5.41) is 15.5. The lowest BCUT2D eigenvalue weighted by atomic mass is 9.43. The molecule has 10 aliphatic carbocycles. The van der Waals surface area contributed by atoms with Gasteiger partial charge in [0.25, 0.3) is 0 Å². The number of benzene rings is 16. The van der Waals surface area contributed by atoms with Crippen molar-refractivity contribution in [3.8, 4) is 72.7 Å². The third-order valence-corrected chi connectivity index (χ3v) is 32.0. The molecule has 8 saturated carbocycles. The molecule has 3 nitrogen and oxygen atoms in total. The maximum atomic E-state index is 2.64. The lowest BCUT2D eigenvalue weighted by molar-refractivity contribution is -0.0399. The molecule has 0 amide bonds. The quantitative estimate of drug-likeness (QED) is 0.147. The van der Waals surface area contributed by atoms with Crippen molar-refractivity contribution in [2.24, 2.45) is 47.3 Å². The van der Waals surface area contributed by atoms with Crippen molar-refractivity contribution in [2.45, 2.75) is 75.0 Å². The minimum absolute atomic E-state index is 0.143. The predicted molar refractivity (Wildman–Crippen MR) is 487 cm³/mol. The highest BCUT2D eigenvalue weighted by molar-refractivity contribution is 7.25. The number of aromatic nitrogens is 3. The number of thiophene rings is 1. The van der Waals surface area contributed by atoms with Crippen molar-refractivity contribution in [2.75, 3.05) is 0 Å². The molecule has 0 aliphatic heterocycles. The normalized spacial score (nSPS) is 22.9. The molecule has 0 saturated heterocycles. The Bertz CT molecular complexity index is 7580. The molecule has 552 valence electrons. The van der Waals surface area contributed by atoms with E-state index in [9.17, 15) is 0 Å². The molecule has 0 radical (unpaired) electrons. The molecule has 0 atom stereocenters. The van der Waals surface area contributed by atoms with Gasteiger partial charge in [-0.05, 0) is 315 Å². The average molecular weight is 1500 g/mol. The van der Waals surface area contributed by atoms with E-state index >= 15 is 0 Å². The van der Waals surface area contributed by atoms with E-state index in [2.05, 4.69) is 347 Å². The predicted octanol–water partition coefficient (Wildman–Crippen LogP) is 29.8. The molecule has 0 N–H and O–H groups in total. The molecule has 30 rings (SSSR count). The molecule has 116 heavy (non-hydrogen) atoms. The van der Waals surface area contributed by atoms with Crippen LogP contribution in [0.25, 0.3) is 180 Å². The monoisotopic (exact) mass is 1500 g/mol. The van der Waals surface area contributed by atoms with Crippen molar-refractivity contribution in [1.82, 2.24) is 13.7 Å². The van der Waals surface area contributed by atoms with Crippen LogP contribution in [0.3, 0.4) is 0 Å². The van der Waals surface area contributed by atoms with E-state index in [1.165, 1.54) is 244 Å². The van der Waals surface area contributed by atoms with Crippen LogP contribution in [-0.4, -0.2) is 13.7 Å². The van der Waals surface area contributed by atoms with Crippen LogP contribution in [0.2, 0.25) is 0 Å². The van der Waals surface area contributed by atoms with Crippen molar-refractivity contribution < 1.29 is 0 Å². The van der Waals surface area contributed by atoms with E-state index in [4.69, 9.17) is 0 Å². The Morgan fingerprint density at radius 1 is 0.216 bits per heavy atom. The Balaban J connectivity index is 0.000000125. The summed E-state index contributed by atoms with van der Waals surface area (Å²) in [5.74, 6) is 6.82. The number of hydrogen-bond donors (Lipinski definition) is 0. The number of nitrogens with zero attached hydrogens (tertiary/aromatic N) is 3. The smallest absolute Gasteiger partial charge is 0.0546 e. The highest BCUT2D eigenvalue weighted by Gasteiger charge is 2.63. The third kappa shape index (κ3) is 8.93. The highest BCUT2D eigenvalue weighted by atomic mass is 32.1. The molecule has 10 aliphatic rings. The minimum Gasteiger partial charge on any atom is -0.309 e. The first-order valence-electron chi connectivity index (χ1n) is 42.9. The van der Waals surface area contributed by atoms with Gasteiger partial charge >= 0.3 is 0 Å². The fourth-order valence-electron chi connectivity index (χ4n) is 26.8. The lowest BCUT2D eigenvalue weighted by Gasteiger charge is -2.61. The van der Waals surface area contributed by atoms with E-state index in [1.54, 1.807) is 22.3 Å². The lowest BCUT2D eigenvalue weighted by Crippen LogP contribution is -2.55. The van der Waals surface area contributed by atoms with Crippen molar-refractivity contribution >= 4 is 118 Å². The number of hydrogen-bond acceptors (Lipinski definition) is 1. The minimum atomic E-state index is 0.143. The molecule has 4 heterocycles. The van der Waals surface area contributed by atoms with Gasteiger partial charge in [-0.2, -0.15) is 0 Å². The largest absolute Gasteiger partial charge is 0.309 e. The van der Waals surface area contributed by atoms with Gasteiger partial charge in [-0.15, -0.1) is 11.3 Å². The second kappa shape index (κ2) is 24.1. The molecule has 20 aromatic rings. The van der Waals surface area contributed by atoms with Gasteiger partial charge in [0.05, 0.1) is 38.8 Å². The van der Waals surface area contributed by atoms with Gasteiger partial charge in [0.2, 0.25) is 0 Å². The Labute approximate surface area is 678 Å². The zero-order valence-electron chi connectivity index (χ0n) is 64.7. The van der Waals surface area contributed by atoms with E-state index in [1.807, 2.05) is 11.3 Å². The van der Waals surface area contributed by atoms with Crippen LogP contribution in [0.5, 0.6) is 0 Å². The summed E-state index contributed by atoms with van der Waals surface area (Å²) >= 11 is 1.88. The second-order valence-electron chi connectivity index (χ2n) is 36.2. The fraction of sp³-hybridized carbons (Fsp3) is 0.179. The second-order valence-corrected chi connectivity index (χ2v) is 37.3. The van der Waals surface area contributed by atoms with Gasteiger partial charge in [-0.1, -0.05) is 224 Å². The first-order chi connectivity index (χ1) is 57.4. The van der Waals surface area contributed by atoms with Crippen molar-refractivity contribution in [3.05, 3.63) is 356 Å². The van der Waals surface area contributed by atoms with Gasteiger partial charge in [0, 0.05) is 80.1 Å². The molecular weight excluding hydrogens is 1420 g/mol. The van der Waals surface area contributed by atoms with E-state index < -0.39 is 0 Å². The molecule has 16 aromatic carbocycles. The first-order valence-corrected chi connectivity index (χ1v) is 43.8. The Kier molecular flexibility index (Phi) is 13.5. The number of fused-ring (bicyclic) bond motifs is 21. The van der Waals surface area contributed by atoms with Crippen LogP contribution < -0.4 is 0 Å². The molecule has 4 aromatic heterocycles. The Morgan fingerprint density at radius 3 is 1.14 bits per heavy atom. The van der Waals surface area contributed by atoms with Crippen LogP contribution in [0.4, 0.5) is 0 Å². The van der Waals surface area contributed by atoms with Crippen LogP contribution in [0, 0.1) is 47.3 Å². The first kappa shape index (κ1) is 65.0. The van der Waals surface area contributed by atoms with E-state index in [0.717, 1.165) is 47.3 Å². The molecular formula is C112H83N3S. The Morgan fingerprint density at radius 2 is 0.578 bits per heavy atom. The van der Waals surface area contributed by atoms with Gasteiger partial charge < -0.3 is 13.7 Å². The summed E-state index contributed by atoms with van der Waals surface area (Å²) in [6, 6.07) is 127. The standard InChI is InChI=1S/C60H44N2.C52H39NS/c1-2-12-44-40(11-1)34-59(48-15-4-3-13-45(44)48)62-56-20-10-7-17-50(56)52-33-39(22-26-58(52)62)38-21-25-57-51(32-38)49-16-6-9-19-55(49)61(57)43-23-24-47-46-14-5-8-18-53(46)60(54(47)35-43)41-28-36-27-37(30-41)31-42(60)29-36;1-4-10-46-40(7-1)41-20-15-36(30-47(41)52(46)37-24-31-23-32(26-37)27-38(52)25-31)33-13-18-39(19-14-33)53-48-11-5-2-8-42(48)44-28-34(16-21-49(44)53)35-17-22-51-45(29-35)43-9-3-6-12-50(43)54-51/h1-26,32-37,41-42H,27-31H2;1-22,28-32,37-38H,23-27H2. The maximum absolute atomic E-state index is 2.64. The van der Waals surface area contributed by atoms with Crippen LogP contribution in [-0.2, 0) is 10.8 Å². The molecule has 8 bridgehead atoms. The van der Waals surface area contributed by atoms with Gasteiger partial charge in [0.15, 0.2) is 0 Å². The van der Waals surface area contributed by atoms with Gasteiger partial charge in [0.1, 0.15) is 0 Å². The van der Waals surface area contributed by atoms with Gasteiger partial charge in [-0.3, -0.25) is 0 Å². The topological polar surface area (TPSA) is 14.8 Å². The van der Waals surface area contributed by atoms with Gasteiger partial charge in [-0.25, -0.2) is 0 Å². The SMILES string of the molecule is c1ccc2c(c1)-c1ccc(-c3ccc(-n4c5ccccc5c5cc(-c6ccc7sc8ccccc8c7c6)ccc54)cc3)cc1C21C2CC3CC(C2)CC1C3.c1ccc2c(c1)-c1ccc(-n3c4ccccc4c4cc(-c5ccc6c(c5)c5ccccc5n6-c5cc6ccccc6c6ccccc56)ccc43)cc1C21C2CC3CC(C2)CC1C3. The summed E-state index contributed by atoms with van der Waals surface area (Å²) in [5.41, 5.74) is 31.6. The number of rotatable bonds is 6. The fourth-order valence-corrected chi connectivity index (χ4v) is 27.9. The summed E-state index contributed by atoms with van der Waals surface area (Å²) in [6.45, 7) is 0. The zero-order valence-corrected chi connectivity index (χ0v) is 65.5. The van der Waals surface area contributed by atoms with Crippen molar-refractivity contribution in [1.29, 1.82) is 0 Å². The summed E-state index contributed by atoms with van der Waals surface area (Å²) < 4.78 is 10.2. The highest BCUT2D eigenvalue weighted by Crippen LogP contribution is 2.72. The van der Waals surface area contributed by atoms with E-state index in [-0.39, 0.29) is 10.8 Å². The van der Waals surface area contributed by atoms with E-state index in [0.29, 0.717) is 0 Å². The van der Waals surface area contributed by atoms with Crippen molar-refractivity contribution in [3.63, 3.8) is 0 Å². The maximum Gasteiger partial charge on any atom is 0.0546 e. The van der Waals surface area contributed by atoms with Crippen LogP contribution in [0.1, 0.15) is 86.5 Å². The van der Waals surface area contributed by atoms with Crippen LogP contribution in [0.15, 0.2) is 334 Å². The average Bonchev–Trinajstić information content (AvgIpc) is 1.49. The molecule has 8 fully saturated rings. The van der Waals surface area contributed by atoms with Crippen LogP contribution >= 0.6 is 11.3 Å². The molecule has 4 heteroatoms. The third-order valence-electron chi connectivity index (χ3n) is 30.9. The zero-order chi connectivity index (χ0) is 75.4.